The summed E-state index contributed by atoms with van der Waals surface area (Å²) in [4.78, 5) is 11.4. The molecule has 94 valence electrons. The summed E-state index contributed by atoms with van der Waals surface area (Å²) in [5.74, 6) is 0.843. The first kappa shape index (κ1) is 13.5. The van der Waals surface area contributed by atoms with Crippen molar-refractivity contribution in [1.29, 1.82) is 0 Å². The molecule has 0 spiro atoms. The van der Waals surface area contributed by atoms with Crippen molar-refractivity contribution >= 4 is 5.91 Å². The van der Waals surface area contributed by atoms with Crippen LogP contribution < -0.4 is 10.1 Å². The molecule has 0 aliphatic carbocycles. The van der Waals surface area contributed by atoms with Crippen molar-refractivity contribution in [2.45, 2.75) is 19.3 Å². The summed E-state index contributed by atoms with van der Waals surface area (Å²) >= 11 is 0. The number of hydrogen-bond donors (Lipinski definition) is 2. The molecule has 1 amide bonds. The molecule has 0 fully saturated rings. The van der Waals surface area contributed by atoms with Gasteiger partial charge in [0.05, 0.1) is 7.11 Å². The van der Waals surface area contributed by atoms with Crippen LogP contribution in [-0.4, -0.2) is 31.3 Å². The summed E-state index contributed by atoms with van der Waals surface area (Å²) in [7, 11) is 1.63. The number of nitrogens with one attached hydrogen (secondary N) is 1. The van der Waals surface area contributed by atoms with E-state index in [-0.39, 0.29) is 12.5 Å². The molecule has 0 radical (unpaired) electrons. The predicted molar refractivity (Wildman–Crippen MR) is 66.0 cm³/mol. The van der Waals surface area contributed by atoms with Gasteiger partial charge in [0.15, 0.2) is 0 Å². The topological polar surface area (TPSA) is 58.6 Å². The highest BCUT2D eigenvalue weighted by molar-refractivity contribution is 5.76. The molecule has 0 aromatic heterocycles. The van der Waals surface area contributed by atoms with Gasteiger partial charge in [-0.05, 0) is 30.5 Å². The van der Waals surface area contributed by atoms with Crippen LogP contribution in [0.1, 0.15) is 18.4 Å². The van der Waals surface area contributed by atoms with Crippen molar-refractivity contribution < 1.29 is 14.6 Å². The Morgan fingerprint density at radius 3 is 2.65 bits per heavy atom. The lowest BCUT2D eigenvalue weighted by Crippen LogP contribution is -2.25. The van der Waals surface area contributed by atoms with Crippen molar-refractivity contribution in [2.75, 3.05) is 20.3 Å². The smallest absolute Gasteiger partial charge is 0.220 e. The zero-order valence-electron chi connectivity index (χ0n) is 10.1. The minimum absolute atomic E-state index is 0.0225. The molecular formula is C13H19NO3. The predicted octanol–water partition coefficient (Wildman–Crippen LogP) is 1.13. The Bertz CT molecular complexity index is 335. The van der Waals surface area contributed by atoms with Gasteiger partial charge >= 0.3 is 0 Å². The molecule has 0 atom stereocenters. The molecule has 0 aliphatic rings. The number of carbonyl (C=O) groups is 1. The van der Waals surface area contributed by atoms with E-state index in [2.05, 4.69) is 5.32 Å². The van der Waals surface area contributed by atoms with E-state index in [1.807, 2.05) is 24.3 Å². The number of ether oxygens (including phenoxy) is 1. The van der Waals surface area contributed by atoms with Gasteiger partial charge < -0.3 is 15.2 Å². The maximum absolute atomic E-state index is 11.4. The molecule has 4 heteroatoms. The van der Waals surface area contributed by atoms with Crippen LogP contribution in [0.15, 0.2) is 24.3 Å². The van der Waals surface area contributed by atoms with E-state index in [0.717, 1.165) is 17.7 Å². The Balaban J connectivity index is 2.27. The van der Waals surface area contributed by atoms with Gasteiger partial charge in [0, 0.05) is 19.6 Å². The molecular weight excluding hydrogens is 218 g/mol. The fraction of sp³-hybridized carbons (Fsp3) is 0.462. The molecule has 0 saturated carbocycles. The van der Waals surface area contributed by atoms with E-state index in [0.29, 0.717) is 19.4 Å². The average molecular weight is 237 g/mol. The van der Waals surface area contributed by atoms with Gasteiger partial charge in [0.2, 0.25) is 5.91 Å². The van der Waals surface area contributed by atoms with Gasteiger partial charge in [-0.1, -0.05) is 12.1 Å². The molecule has 1 aromatic rings. The van der Waals surface area contributed by atoms with Gasteiger partial charge in [0.1, 0.15) is 5.75 Å². The molecule has 4 nitrogen and oxygen atoms in total. The molecule has 1 aromatic carbocycles. The van der Waals surface area contributed by atoms with Gasteiger partial charge in [-0.2, -0.15) is 0 Å². The number of aryl methyl sites for hydroxylation is 1. The van der Waals surface area contributed by atoms with E-state index in [4.69, 9.17) is 9.84 Å². The number of benzene rings is 1. The van der Waals surface area contributed by atoms with Crippen molar-refractivity contribution in [2.24, 2.45) is 0 Å². The lowest BCUT2D eigenvalue weighted by Gasteiger charge is -2.05. The zero-order chi connectivity index (χ0) is 12.5. The van der Waals surface area contributed by atoms with E-state index >= 15 is 0 Å². The molecule has 2 N–H and O–H groups in total. The third kappa shape index (κ3) is 5.36. The van der Waals surface area contributed by atoms with Crippen LogP contribution in [0.2, 0.25) is 0 Å². The minimum atomic E-state index is 0.0225. The molecule has 0 unspecified atom stereocenters. The fourth-order valence-electron chi connectivity index (χ4n) is 1.45. The van der Waals surface area contributed by atoms with E-state index in [1.54, 1.807) is 7.11 Å². The van der Waals surface area contributed by atoms with Crippen molar-refractivity contribution in [3.8, 4) is 5.75 Å². The van der Waals surface area contributed by atoms with Crippen molar-refractivity contribution in [3.05, 3.63) is 29.8 Å². The van der Waals surface area contributed by atoms with Gasteiger partial charge in [-0.25, -0.2) is 0 Å². The number of carbonyl (C=O) groups excluding carboxylic acids is 1. The second-order valence-corrected chi connectivity index (χ2v) is 3.78. The lowest BCUT2D eigenvalue weighted by molar-refractivity contribution is -0.121. The second kappa shape index (κ2) is 7.68. The molecule has 0 heterocycles. The number of rotatable bonds is 7. The maximum Gasteiger partial charge on any atom is 0.220 e. The van der Waals surface area contributed by atoms with Crippen molar-refractivity contribution in [1.82, 2.24) is 5.32 Å². The van der Waals surface area contributed by atoms with E-state index < -0.39 is 0 Å². The quantitative estimate of drug-likeness (QED) is 0.699. The van der Waals surface area contributed by atoms with Crippen LogP contribution in [0.4, 0.5) is 0 Å². The largest absolute Gasteiger partial charge is 0.497 e. The minimum Gasteiger partial charge on any atom is -0.497 e. The number of aliphatic hydroxyl groups is 1. The van der Waals surface area contributed by atoms with Crippen molar-refractivity contribution in [3.63, 3.8) is 0 Å². The van der Waals surface area contributed by atoms with Crippen LogP contribution in [-0.2, 0) is 11.2 Å². The highest BCUT2D eigenvalue weighted by Crippen LogP contribution is 2.12. The number of aliphatic hydroxyl groups excluding tert-OH is 1. The Morgan fingerprint density at radius 2 is 2.06 bits per heavy atom. The van der Waals surface area contributed by atoms with Crippen LogP contribution in [0.5, 0.6) is 5.75 Å². The third-order valence-electron chi connectivity index (χ3n) is 2.46. The van der Waals surface area contributed by atoms with Gasteiger partial charge in [-0.15, -0.1) is 0 Å². The SMILES string of the molecule is COc1ccc(CCC(=O)NCCCO)cc1. The van der Waals surface area contributed by atoms with E-state index in [1.165, 1.54) is 0 Å². The highest BCUT2D eigenvalue weighted by atomic mass is 16.5. The Hall–Kier alpha value is -1.55. The standard InChI is InChI=1S/C13H19NO3/c1-17-12-6-3-11(4-7-12)5-8-13(16)14-9-2-10-15/h3-4,6-7,15H,2,5,8-10H2,1H3,(H,14,16). The summed E-state index contributed by atoms with van der Waals surface area (Å²) in [6, 6.07) is 7.69. The van der Waals surface area contributed by atoms with E-state index in [9.17, 15) is 4.79 Å². The summed E-state index contributed by atoms with van der Waals surface area (Å²) in [5, 5.41) is 11.3. The Labute approximate surface area is 102 Å². The number of amides is 1. The summed E-state index contributed by atoms with van der Waals surface area (Å²) in [6.07, 6.45) is 1.79. The monoisotopic (exact) mass is 237 g/mol. The zero-order valence-corrected chi connectivity index (χ0v) is 10.1. The first-order valence-corrected chi connectivity index (χ1v) is 5.76. The molecule has 0 saturated heterocycles. The molecule has 0 bridgehead atoms. The Morgan fingerprint density at radius 1 is 1.35 bits per heavy atom. The molecule has 1 rings (SSSR count). The molecule has 0 aliphatic heterocycles. The first-order valence-electron chi connectivity index (χ1n) is 5.76. The average Bonchev–Trinajstić information content (AvgIpc) is 2.37. The highest BCUT2D eigenvalue weighted by Gasteiger charge is 2.01. The normalized spacial score (nSPS) is 10.0. The summed E-state index contributed by atoms with van der Waals surface area (Å²) in [5.41, 5.74) is 1.11. The molecule has 17 heavy (non-hydrogen) atoms. The summed E-state index contributed by atoms with van der Waals surface area (Å²) < 4.78 is 5.06. The fourth-order valence-corrected chi connectivity index (χ4v) is 1.45. The maximum atomic E-state index is 11.4. The van der Waals surface area contributed by atoms with Crippen LogP contribution in [0.3, 0.4) is 0 Å². The van der Waals surface area contributed by atoms with Gasteiger partial charge in [0.25, 0.3) is 0 Å². The van der Waals surface area contributed by atoms with Crippen LogP contribution in [0, 0.1) is 0 Å². The Kier molecular flexibility index (Phi) is 6.10. The summed E-state index contributed by atoms with van der Waals surface area (Å²) in [6.45, 7) is 0.650. The van der Waals surface area contributed by atoms with Crippen LogP contribution in [0.25, 0.3) is 0 Å². The number of methoxy groups -OCH3 is 1. The van der Waals surface area contributed by atoms with Crippen LogP contribution >= 0.6 is 0 Å². The third-order valence-corrected chi connectivity index (χ3v) is 2.46. The lowest BCUT2D eigenvalue weighted by atomic mass is 10.1. The second-order valence-electron chi connectivity index (χ2n) is 3.78. The first-order chi connectivity index (χ1) is 8.26. The van der Waals surface area contributed by atoms with Gasteiger partial charge in [-0.3, -0.25) is 4.79 Å². The number of hydrogen-bond acceptors (Lipinski definition) is 3.